The number of aryl methyl sites for hydroxylation is 3. The zero-order valence-corrected chi connectivity index (χ0v) is 55.2. The fourth-order valence-corrected chi connectivity index (χ4v) is 9.50. The molecule has 438 valence electrons. The van der Waals surface area contributed by atoms with Gasteiger partial charge in [0.1, 0.15) is 0 Å². The van der Waals surface area contributed by atoms with E-state index in [9.17, 15) is 0 Å². The van der Waals surface area contributed by atoms with Gasteiger partial charge in [-0.2, -0.15) is 0 Å². The number of rotatable bonds is 7. The minimum absolute atomic E-state index is 0.833. The Bertz CT molecular complexity index is 3350. The van der Waals surface area contributed by atoms with E-state index >= 15 is 0 Å². The molecule has 0 heterocycles. The van der Waals surface area contributed by atoms with Crippen LogP contribution in [0, 0.1) is 26.7 Å². The molecule has 0 bridgehead atoms. The van der Waals surface area contributed by atoms with E-state index in [1.807, 2.05) is 55.4 Å². The Hall–Kier alpha value is -7.54. The van der Waals surface area contributed by atoms with Crippen LogP contribution in [0.5, 0.6) is 0 Å². The Morgan fingerprint density at radius 3 is 1.18 bits per heavy atom. The molecule has 0 aliphatic heterocycles. The number of allylic oxidation sites excluding steroid dienone is 4. The molecule has 1 aliphatic carbocycles. The van der Waals surface area contributed by atoms with Gasteiger partial charge in [-0.15, -0.1) is 13.2 Å². The van der Waals surface area contributed by atoms with Gasteiger partial charge in [0.15, 0.2) is 0 Å². The van der Waals surface area contributed by atoms with Crippen LogP contribution >= 0.6 is 0 Å². The summed E-state index contributed by atoms with van der Waals surface area (Å²) in [5.74, 6) is 0.833. The Morgan fingerprint density at radius 1 is 0.373 bits per heavy atom. The van der Waals surface area contributed by atoms with Crippen molar-refractivity contribution in [1.29, 1.82) is 0 Å². The van der Waals surface area contributed by atoms with E-state index < -0.39 is 0 Å². The number of hydrogen-bond donors (Lipinski definition) is 0. The maximum Gasteiger partial charge on any atom is -0.00203 e. The van der Waals surface area contributed by atoms with Crippen LogP contribution in [0.25, 0.3) is 93.5 Å². The monoisotopic (exact) mass is 1100 g/mol. The van der Waals surface area contributed by atoms with Crippen molar-refractivity contribution in [3.05, 3.63) is 247 Å². The molecular weight excluding hydrogens is 997 g/mol. The highest BCUT2D eigenvalue weighted by Gasteiger charge is 2.17. The summed E-state index contributed by atoms with van der Waals surface area (Å²) >= 11 is 0. The summed E-state index contributed by atoms with van der Waals surface area (Å²) in [6.45, 7) is 45.9. The molecule has 0 spiro atoms. The largest absolute Gasteiger partial charge is 0.106 e. The van der Waals surface area contributed by atoms with Gasteiger partial charge >= 0.3 is 0 Å². The Labute approximate surface area is 507 Å². The van der Waals surface area contributed by atoms with Gasteiger partial charge in [0.2, 0.25) is 0 Å². The van der Waals surface area contributed by atoms with Crippen molar-refractivity contribution in [2.24, 2.45) is 5.92 Å². The van der Waals surface area contributed by atoms with Gasteiger partial charge in [-0.05, 0) is 181 Å². The highest BCUT2D eigenvalue weighted by atomic mass is 14.2. The second-order valence-corrected chi connectivity index (χ2v) is 20.5. The molecule has 0 atom stereocenters. The maximum absolute atomic E-state index is 3.00. The normalized spacial score (nSPS) is 10.7. The number of benzene rings is 10. The third kappa shape index (κ3) is 20.7. The van der Waals surface area contributed by atoms with E-state index in [0.717, 1.165) is 5.92 Å². The summed E-state index contributed by atoms with van der Waals surface area (Å²) < 4.78 is 0. The zero-order valence-electron chi connectivity index (χ0n) is 55.2. The van der Waals surface area contributed by atoms with Crippen LogP contribution in [-0.2, 0) is 0 Å². The standard InChI is InChI=1S/C48H34.C14H16.2C4H10.C3H8.4C2H6.C2H4/c1-31-13-15-35(16-14-31)43-21-17-36-20-24-46-44(22-18-37-19-23-45(43)47(36)48(37)46)42-26-32(2)25-38(30-42)41-28-39(33-9-5-3-6-10-33)27-40(29-41)34-11-7-4-8-12-34;1-11-7-3-5-9-13(11)14-10-6-4-8-12(14)2;1-4(2)3;1-3-4-2;1-3-2;5*1-2/h3-30H,1-2H3;3,5-7,9-10H,4,8H2,1-2H3;4H,1-3H3;3-4H2,1-2H3;3H2,1-2H3;4*1-2H3;1-2H2. The van der Waals surface area contributed by atoms with Crippen LogP contribution in [-0.4, -0.2) is 0 Å². The van der Waals surface area contributed by atoms with Crippen molar-refractivity contribution >= 4 is 37.9 Å². The van der Waals surface area contributed by atoms with Gasteiger partial charge in [0, 0.05) is 0 Å². The summed E-state index contributed by atoms with van der Waals surface area (Å²) in [6.07, 6.45) is 10.8. The minimum Gasteiger partial charge on any atom is -0.106 e. The smallest absolute Gasteiger partial charge is 0.00203 e. The van der Waals surface area contributed by atoms with Gasteiger partial charge in [0.25, 0.3) is 0 Å². The van der Waals surface area contributed by atoms with Crippen LogP contribution in [0.4, 0.5) is 0 Å². The third-order valence-electron chi connectivity index (χ3n) is 13.3. The van der Waals surface area contributed by atoms with Gasteiger partial charge in [-0.3, -0.25) is 0 Å². The molecular formula is C83H106. The Morgan fingerprint density at radius 2 is 0.747 bits per heavy atom. The highest BCUT2D eigenvalue weighted by Crippen LogP contribution is 2.43. The van der Waals surface area contributed by atoms with Crippen molar-refractivity contribution < 1.29 is 0 Å². The maximum atomic E-state index is 3.00. The SMILES string of the molecule is C=C.CC.CC.CC.CC.CC(C)C.CC1=C(c2ccccc2C)C=CCC1.CCC.CCCC.Cc1ccc(-c2ccc3ccc4c(-c5cc(C)cc(-c6cc(-c7ccccc7)cc(-c7ccccc7)c6)c5)ccc5ccc2c3c54)cc1. The molecule has 0 saturated heterocycles. The van der Waals surface area contributed by atoms with E-state index in [2.05, 4.69) is 296 Å². The van der Waals surface area contributed by atoms with Crippen LogP contribution in [0.1, 0.15) is 165 Å². The van der Waals surface area contributed by atoms with Gasteiger partial charge in [-0.25, -0.2) is 0 Å². The van der Waals surface area contributed by atoms with Crippen molar-refractivity contribution in [3.8, 4) is 55.6 Å². The molecule has 0 fully saturated rings. The highest BCUT2D eigenvalue weighted by molar-refractivity contribution is 6.27. The second kappa shape index (κ2) is 39.8. The minimum atomic E-state index is 0.833. The predicted molar refractivity (Wildman–Crippen MR) is 383 cm³/mol. The summed E-state index contributed by atoms with van der Waals surface area (Å²) in [4.78, 5) is 0. The summed E-state index contributed by atoms with van der Waals surface area (Å²) in [5, 5.41) is 7.86. The Balaban J connectivity index is 0.000000554. The van der Waals surface area contributed by atoms with Gasteiger partial charge < -0.3 is 0 Å². The lowest BCUT2D eigenvalue weighted by molar-refractivity contribution is 0.737. The molecule has 0 nitrogen and oxygen atoms in total. The molecule has 10 aromatic rings. The van der Waals surface area contributed by atoms with E-state index in [-0.39, 0.29) is 0 Å². The molecule has 0 N–H and O–H groups in total. The average Bonchev–Trinajstić information content (AvgIpc) is 2.41. The zero-order chi connectivity index (χ0) is 61.9. The fraction of sp³-hybridized carbons (Fsp3) is 0.301. The lowest BCUT2D eigenvalue weighted by Crippen LogP contribution is -1.93. The topological polar surface area (TPSA) is 0 Å². The lowest BCUT2D eigenvalue weighted by Gasteiger charge is -2.17. The van der Waals surface area contributed by atoms with E-state index in [4.69, 9.17) is 0 Å². The molecule has 83 heavy (non-hydrogen) atoms. The molecule has 0 radical (unpaired) electrons. The molecule has 10 aromatic carbocycles. The molecule has 11 rings (SSSR count). The van der Waals surface area contributed by atoms with E-state index in [0.29, 0.717) is 0 Å². The first-order valence-corrected chi connectivity index (χ1v) is 31.5. The molecule has 0 aromatic heterocycles. The van der Waals surface area contributed by atoms with Crippen LogP contribution < -0.4 is 0 Å². The van der Waals surface area contributed by atoms with Crippen molar-refractivity contribution in [1.82, 2.24) is 0 Å². The quantitative estimate of drug-likeness (QED) is 0.110. The van der Waals surface area contributed by atoms with Crippen LogP contribution in [0.3, 0.4) is 0 Å². The predicted octanol–water partition coefficient (Wildman–Crippen LogP) is 27.4. The first kappa shape index (κ1) is 71.6. The molecule has 0 unspecified atom stereocenters. The van der Waals surface area contributed by atoms with Crippen molar-refractivity contribution in [3.63, 3.8) is 0 Å². The van der Waals surface area contributed by atoms with Crippen molar-refractivity contribution in [2.45, 2.75) is 164 Å². The van der Waals surface area contributed by atoms with E-state index in [1.165, 1.54) is 153 Å². The first-order valence-electron chi connectivity index (χ1n) is 31.5. The fourth-order valence-electron chi connectivity index (χ4n) is 9.50. The van der Waals surface area contributed by atoms with Gasteiger partial charge in [0.05, 0.1) is 0 Å². The van der Waals surface area contributed by atoms with Gasteiger partial charge in [-0.1, -0.05) is 316 Å². The summed E-state index contributed by atoms with van der Waals surface area (Å²) in [6, 6.07) is 71.4. The molecule has 0 amide bonds. The van der Waals surface area contributed by atoms with Crippen molar-refractivity contribution in [2.75, 3.05) is 0 Å². The Kier molecular flexibility index (Phi) is 34.3. The molecule has 0 heteroatoms. The van der Waals surface area contributed by atoms with Crippen LogP contribution in [0.15, 0.2) is 225 Å². The average molecular weight is 1100 g/mol. The third-order valence-corrected chi connectivity index (χ3v) is 13.3. The number of hydrogen-bond acceptors (Lipinski definition) is 0. The number of unbranched alkanes of at least 4 members (excludes halogenated alkanes) is 1. The lowest BCUT2D eigenvalue weighted by atomic mass is 9.86. The summed E-state index contributed by atoms with van der Waals surface area (Å²) in [5.41, 5.74) is 20.6. The summed E-state index contributed by atoms with van der Waals surface area (Å²) in [7, 11) is 0. The first-order chi connectivity index (χ1) is 40.4. The molecule has 0 saturated carbocycles. The second-order valence-electron chi connectivity index (χ2n) is 20.5. The van der Waals surface area contributed by atoms with Crippen LogP contribution in [0.2, 0.25) is 0 Å². The van der Waals surface area contributed by atoms with E-state index in [1.54, 1.807) is 0 Å². The molecule has 1 aliphatic rings.